The molecule has 2 N–H and O–H groups in total. The van der Waals surface area contributed by atoms with Gasteiger partial charge in [0.1, 0.15) is 5.75 Å². The molecule has 1 heterocycles. The van der Waals surface area contributed by atoms with Gasteiger partial charge >= 0.3 is 0 Å². The monoisotopic (exact) mass is 262 g/mol. The quantitative estimate of drug-likeness (QED) is 0.833. The van der Waals surface area contributed by atoms with E-state index in [0.29, 0.717) is 19.8 Å². The standard InChI is InChI=1S/C15H22N2O2/c1-3-18-12(10-16)11-17-9-8-13-14(17)6-5-7-15(13)19-4-2/h5-9,12H,3-4,10-11,16H2,1-2H3. The first kappa shape index (κ1) is 13.9. The molecule has 0 aliphatic rings. The highest BCUT2D eigenvalue weighted by atomic mass is 16.5. The molecule has 4 heteroatoms. The van der Waals surface area contributed by atoms with Crippen LogP contribution >= 0.6 is 0 Å². The third-order valence-corrected chi connectivity index (χ3v) is 3.14. The van der Waals surface area contributed by atoms with Gasteiger partial charge in [0.2, 0.25) is 0 Å². The lowest BCUT2D eigenvalue weighted by molar-refractivity contribution is 0.0576. The fraction of sp³-hybridized carbons (Fsp3) is 0.467. The van der Waals surface area contributed by atoms with Crippen LogP contribution in [0.4, 0.5) is 0 Å². The molecule has 0 saturated heterocycles. The molecule has 0 radical (unpaired) electrons. The predicted molar refractivity (Wildman–Crippen MR) is 77.6 cm³/mol. The molecule has 0 aliphatic heterocycles. The molecule has 0 aliphatic carbocycles. The summed E-state index contributed by atoms with van der Waals surface area (Å²) in [6.45, 7) is 6.64. The molecular formula is C15H22N2O2. The van der Waals surface area contributed by atoms with Crippen LogP contribution in [0, 0.1) is 0 Å². The van der Waals surface area contributed by atoms with E-state index >= 15 is 0 Å². The lowest BCUT2D eigenvalue weighted by Gasteiger charge is -2.16. The van der Waals surface area contributed by atoms with E-state index in [9.17, 15) is 0 Å². The van der Waals surface area contributed by atoms with Crippen molar-refractivity contribution in [2.75, 3.05) is 19.8 Å². The Morgan fingerprint density at radius 2 is 2.05 bits per heavy atom. The van der Waals surface area contributed by atoms with Crippen LogP contribution in [0.5, 0.6) is 5.75 Å². The van der Waals surface area contributed by atoms with Crippen molar-refractivity contribution in [3.63, 3.8) is 0 Å². The van der Waals surface area contributed by atoms with E-state index in [2.05, 4.69) is 22.9 Å². The third kappa shape index (κ3) is 3.08. The highest BCUT2D eigenvalue weighted by molar-refractivity contribution is 5.86. The van der Waals surface area contributed by atoms with Gasteiger partial charge in [-0.05, 0) is 32.0 Å². The Morgan fingerprint density at radius 1 is 1.21 bits per heavy atom. The SMILES string of the molecule is CCOc1cccc2c1ccn2CC(CN)OCC. The van der Waals surface area contributed by atoms with E-state index < -0.39 is 0 Å². The molecule has 0 amide bonds. The summed E-state index contributed by atoms with van der Waals surface area (Å²) >= 11 is 0. The molecule has 2 rings (SSSR count). The minimum Gasteiger partial charge on any atom is -0.493 e. The van der Waals surface area contributed by atoms with E-state index in [1.807, 2.05) is 26.0 Å². The zero-order valence-electron chi connectivity index (χ0n) is 11.6. The third-order valence-electron chi connectivity index (χ3n) is 3.14. The fourth-order valence-electron chi connectivity index (χ4n) is 2.29. The Morgan fingerprint density at radius 3 is 2.74 bits per heavy atom. The van der Waals surface area contributed by atoms with Crippen molar-refractivity contribution in [1.29, 1.82) is 0 Å². The van der Waals surface area contributed by atoms with Crippen LogP contribution in [0.15, 0.2) is 30.5 Å². The smallest absolute Gasteiger partial charge is 0.128 e. The molecular weight excluding hydrogens is 240 g/mol. The second-order valence-corrected chi connectivity index (χ2v) is 4.40. The number of nitrogens with two attached hydrogens (primary N) is 1. The van der Waals surface area contributed by atoms with Gasteiger partial charge in [-0.25, -0.2) is 0 Å². The number of ether oxygens (including phenoxy) is 2. The number of hydrogen-bond acceptors (Lipinski definition) is 3. The topological polar surface area (TPSA) is 49.4 Å². The zero-order valence-corrected chi connectivity index (χ0v) is 11.6. The molecule has 19 heavy (non-hydrogen) atoms. The molecule has 104 valence electrons. The molecule has 1 aromatic heterocycles. The van der Waals surface area contributed by atoms with E-state index in [-0.39, 0.29) is 6.10 Å². The van der Waals surface area contributed by atoms with Crippen molar-refractivity contribution in [1.82, 2.24) is 4.57 Å². The second-order valence-electron chi connectivity index (χ2n) is 4.40. The minimum absolute atomic E-state index is 0.0522. The maximum absolute atomic E-state index is 5.73. The highest BCUT2D eigenvalue weighted by Gasteiger charge is 2.11. The van der Waals surface area contributed by atoms with Gasteiger partial charge in [0.25, 0.3) is 0 Å². The summed E-state index contributed by atoms with van der Waals surface area (Å²) in [6.07, 6.45) is 2.12. The van der Waals surface area contributed by atoms with Gasteiger partial charge in [-0.1, -0.05) is 6.07 Å². The fourth-order valence-corrected chi connectivity index (χ4v) is 2.29. The summed E-state index contributed by atoms with van der Waals surface area (Å²) in [4.78, 5) is 0. The van der Waals surface area contributed by atoms with Gasteiger partial charge in [0.05, 0.1) is 24.8 Å². The predicted octanol–water partition coefficient (Wildman–Crippen LogP) is 2.40. The Kier molecular flexibility index (Phi) is 4.82. The van der Waals surface area contributed by atoms with Crippen LogP contribution in [0.25, 0.3) is 10.9 Å². The number of hydrogen-bond donors (Lipinski definition) is 1. The van der Waals surface area contributed by atoms with Gasteiger partial charge in [0, 0.05) is 24.7 Å². The average molecular weight is 262 g/mol. The summed E-state index contributed by atoms with van der Waals surface area (Å²) in [5.41, 5.74) is 6.89. The first-order valence-electron chi connectivity index (χ1n) is 6.82. The summed E-state index contributed by atoms with van der Waals surface area (Å²) in [6, 6.07) is 8.19. The number of aromatic nitrogens is 1. The maximum Gasteiger partial charge on any atom is 0.128 e. The Labute approximate surface area is 114 Å². The molecule has 0 bridgehead atoms. The summed E-state index contributed by atoms with van der Waals surface area (Å²) < 4.78 is 13.4. The van der Waals surface area contributed by atoms with E-state index in [4.69, 9.17) is 15.2 Å². The Bertz CT molecular complexity index is 522. The number of nitrogens with zero attached hydrogens (tertiary/aromatic N) is 1. The molecule has 0 spiro atoms. The zero-order chi connectivity index (χ0) is 13.7. The van der Waals surface area contributed by atoms with Gasteiger partial charge < -0.3 is 19.8 Å². The van der Waals surface area contributed by atoms with Crippen LogP contribution in [-0.2, 0) is 11.3 Å². The van der Waals surface area contributed by atoms with Crippen molar-refractivity contribution >= 4 is 10.9 Å². The first-order valence-corrected chi connectivity index (χ1v) is 6.82. The normalized spacial score (nSPS) is 12.8. The first-order chi connectivity index (χ1) is 9.30. The summed E-state index contributed by atoms with van der Waals surface area (Å²) in [7, 11) is 0. The van der Waals surface area contributed by atoms with Gasteiger partial charge in [-0.15, -0.1) is 0 Å². The van der Waals surface area contributed by atoms with Gasteiger partial charge in [-0.2, -0.15) is 0 Å². The molecule has 0 fully saturated rings. The van der Waals surface area contributed by atoms with Crippen molar-refractivity contribution in [3.8, 4) is 5.75 Å². The van der Waals surface area contributed by atoms with Gasteiger partial charge in [0.15, 0.2) is 0 Å². The van der Waals surface area contributed by atoms with E-state index in [1.165, 1.54) is 0 Å². The van der Waals surface area contributed by atoms with Crippen LogP contribution < -0.4 is 10.5 Å². The van der Waals surface area contributed by atoms with E-state index in [0.717, 1.165) is 23.2 Å². The van der Waals surface area contributed by atoms with Crippen LogP contribution in [0.1, 0.15) is 13.8 Å². The van der Waals surface area contributed by atoms with Crippen molar-refractivity contribution in [2.24, 2.45) is 5.73 Å². The maximum atomic E-state index is 5.73. The van der Waals surface area contributed by atoms with Crippen LogP contribution in [0.3, 0.4) is 0 Å². The molecule has 0 saturated carbocycles. The molecule has 4 nitrogen and oxygen atoms in total. The van der Waals surface area contributed by atoms with Crippen molar-refractivity contribution in [3.05, 3.63) is 30.5 Å². The van der Waals surface area contributed by atoms with E-state index in [1.54, 1.807) is 0 Å². The Balaban J connectivity index is 2.27. The highest BCUT2D eigenvalue weighted by Crippen LogP contribution is 2.26. The van der Waals surface area contributed by atoms with Gasteiger partial charge in [-0.3, -0.25) is 0 Å². The molecule has 1 atom stereocenters. The Hall–Kier alpha value is -1.52. The molecule has 1 aromatic carbocycles. The van der Waals surface area contributed by atoms with Crippen molar-refractivity contribution in [2.45, 2.75) is 26.5 Å². The van der Waals surface area contributed by atoms with Crippen LogP contribution in [0.2, 0.25) is 0 Å². The van der Waals surface area contributed by atoms with Crippen LogP contribution in [-0.4, -0.2) is 30.4 Å². The number of rotatable bonds is 7. The number of fused-ring (bicyclic) bond motifs is 1. The lowest BCUT2D eigenvalue weighted by Crippen LogP contribution is -2.28. The van der Waals surface area contributed by atoms with Crippen molar-refractivity contribution < 1.29 is 9.47 Å². The summed E-state index contributed by atoms with van der Waals surface area (Å²) in [5.74, 6) is 0.930. The molecule has 2 aromatic rings. The molecule has 1 unspecified atom stereocenters. The second kappa shape index (κ2) is 6.59. The number of benzene rings is 1. The lowest BCUT2D eigenvalue weighted by atomic mass is 10.2. The summed E-state index contributed by atoms with van der Waals surface area (Å²) in [5, 5.41) is 1.14. The largest absolute Gasteiger partial charge is 0.493 e. The average Bonchev–Trinajstić information content (AvgIpc) is 2.83. The minimum atomic E-state index is 0.0522.